The summed E-state index contributed by atoms with van der Waals surface area (Å²) < 4.78 is 13.4. The lowest BCUT2D eigenvalue weighted by Crippen LogP contribution is -2.40. The van der Waals surface area contributed by atoms with E-state index < -0.39 is 0 Å². The molecule has 23 heavy (non-hydrogen) atoms. The summed E-state index contributed by atoms with van der Waals surface area (Å²) in [7, 11) is 0. The first kappa shape index (κ1) is 22.0. The molecule has 0 aliphatic carbocycles. The van der Waals surface area contributed by atoms with Crippen LogP contribution in [0.2, 0.25) is 0 Å². The van der Waals surface area contributed by atoms with Gasteiger partial charge >= 0.3 is 0 Å². The molecule has 1 saturated heterocycles. The molecule has 0 unspecified atom stereocenters. The largest absolute Gasteiger partial charge is 0.381 e. The van der Waals surface area contributed by atoms with Crippen molar-refractivity contribution in [2.75, 3.05) is 17.2 Å². The first-order valence-electron chi connectivity index (χ1n) is 7.56. The second-order valence-corrected chi connectivity index (χ2v) is 6.05. The normalized spacial score (nSPS) is 20.2. The standard InChI is InChI=1S/C16H24FN3O.2ClH/c1-10(2)19-15-9-13(17)4-5-14(15)20-16(21)12-6-7-18-11(3)8-12;;/h4-5,9-12,18-19H,6-8H2,1-3H3,(H,20,21);2*1H/t11-,12-;;/m0../s1. The van der Waals surface area contributed by atoms with E-state index in [2.05, 4.69) is 22.9 Å². The zero-order valence-electron chi connectivity index (χ0n) is 13.7. The molecule has 0 spiro atoms. The Labute approximate surface area is 149 Å². The molecule has 0 radical (unpaired) electrons. The van der Waals surface area contributed by atoms with E-state index in [1.54, 1.807) is 6.07 Å². The van der Waals surface area contributed by atoms with Gasteiger partial charge in [-0.25, -0.2) is 4.39 Å². The summed E-state index contributed by atoms with van der Waals surface area (Å²) in [6, 6.07) is 4.92. The topological polar surface area (TPSA) is 53.2 Å². The van der Waals surface area contributed by atoms with Crippen LogP contribution in [-0.4, -0.2) is 24.5 Å². The van der Waals surface area contributed by atoms with Gasteiger partial charge in [-0.15, -0.1) is 24.8 Å². The van der Waals surface area contributed by atoms with E-state index in [4.69, 9.17) is 0 Å². The Hall–Kier alpha value is -1.04. The number of halogens is 3. The van der Waals surface area contributed by atoms with Gasteiger partial charge in [0.05, 0.1) is 11.4 Å². The van der Waals surface area contributed by atoms with Crippen LogP contribution in [0.15, 0.2) is 18.2 Å². The highest BCUT2D eigenvalue weighted by molar-refractivity contribution is 5.95. The molecule has 1 aromatic rings. The minimum Gasteiger partial charge on any atom is -0.381 e. The predicted octanol–water partition coefficient (Wildman–Crippen LogP) is 3.82. The van der Waals surface area contributed by atoms with Crippen LogP contribution in [0.3, 0.4) is 0 Å². The van der Waals surface area contributed by atoms with Crippen LogP contribution in [-0.2, 0) is 4.79 Å². The fraction of sp³-hybridized carbons (Fsp3) is 0.562. The van der Waals surface area contributed by atoms with Gasteiger partial charge in [0, 0.05) is 18.0 Å². The molecule has 1 heterocycles. The quantitative estimate of drug-likeness (QED) is 0.760. The van der Waals surface area contributed by atoms with Crippen LogP contribution in [0.1, 0.15) is 33.6 Å². The summed E-state index contributed by atoms with van der Waals surface area (Å²) in [6.07, 6.45) is 1.67. The molecule has 2 atom stereocenters. The lowest BCUT2D eigenvalue weighted by molar-refractivity contribution is -0.120. The van der Waals surface area contributed by atoms with E-state index in [0.29, 0.717) is 17.4 Å². The Morgan fingerprint density at radius 2 is 2.00 bits per heavy atom. The molecule has 1 aromatic carbocycles. The van der Waals surface area contributed by atoms with Gasteiger partial charge in [-0.2, -0.15) is 0 Å². The fourth-order valence-corrected chi connectivity index (χ4v) is 2.66. The fourth-order valence-electron chi connectivity index (χ4n) is 2.66. The van der Waals surface area contributed by atoms with Gasteiger partial charge in [0.2, 0.25) is 5.91 Å². The molecular formula is C16H26Cl2FN3O. The van der Waals surface area contributed by atoms with Crippen molar-refractivity contribution >= 4 is 42.1 Å². The van der Waals surface area contributed by atoms with Gasteiger partial charge in [0.1, 0.15) is 5.82 Å². The van der Waals surface area contributed by atoms with Crippen LogP contribution in [0.5, 0.6) is 0 Å². The number of amides is 1. The summed E-state index contributed by atoms with van der Waals surface area (Å²) >= 11 is 0. The number of hydrogen-bond donors (Lipinski definition) is 3. The summed E-state index contributed by atoms with van der Waals surface area (Å²) in [5, 5.41) is 9.44. The first-order valence-corrected chi connectivity index (χ1v) is 7.56. The molecule has 3 N–H and O–H groups in total. The van der Waals surface area contributed by atoms with Crippen molar-refractivity contribution < 1.29 is 9.18 Å². The van der Waals surface area contributed by atoms with Crippen molar-refractivity contribution in [3.8, 4) is 0 Å². The van der Waals surface area contributed by atoms with Crippen LogP contribution in [0.25, 0.3) is 0 Å². The zero-order valence-corrected chi connectivity index (χ0v) is 15.3. The third-order valence-corrected chi connectivity index (χ3v) is 3.68. The summed E-state index contributed by atoms with van der Waals surface area (Å²) in [6.45, 7) is 6.90. The van der Waals surface area contributed by atoms with E-state index in [9.17, 15) is 9.18 Å². The SMILES string of the molecule is CC(C)Nc1cc(F)ccc1NC(=O)[C@H]1CCN[C@@H](C)C1.Cl.Cl. The number of carbonyl (C=O) groups is 1. The van der Waals surface area contributed by atoms with E-state index >= 15 is 0 Å². The van der Waals surface area contributed by atoms with Crippen LogP contribution in [0.4, 0.5) is 15.8 Å². The Morgan fingerprint density at radius 3 is 2.61 bits per heavy atom. The average Bonchev–Trinajstić information content (AvgIpc) is 2.41. The summed E-state index contributed by atoms with van der Waals surface area (Å²) in [5.41, 5.74) is 1.27. The third-order valence-electron chi connectivity index (χ3n) is 3.68. The first-order chi connectivity index (χ1) is 9.95. The van der Waals surface area contributed by atoms with Gasteiger partial charge < -0.3 is 16.0 Å². The second-order valence-electron chi connectivity index (χ2n) is 6.05. The van der Waals surface area contributed by atoms with Crippen molar-refractivity contribution in [3.63, 3.8) is 0 Å². The molecule has 0 bridgehead atoms. The Kier molecular flexibility index (Phi) is 9.51. The van der Waals surface area contributed by atoms with Gasteiger partial charge in [-0.1, -0.05) is 0 Å². The van der Waals surface area contributed by atoms with Gasteiger partial charge in [0.15, 0.2) is 0 Å². The summed E-state index contributed by atoms with van der Waals surface area (Å²) in [5.74, 6) is -0.286. The number of hydrogen-bond acceptors (Lipinski definition) is 3. The molecule has 1 aliphatic heterocycles. The maximum atomic E-state index is 13.4. The van der Waals surface area contributed by atoms with E-state index in [1.165, 1.54) is 12.1 Å². The highest BCUT2D eigenvalue weighted by atomic mass is 35.5. The molecule has 1 amide bonds. The zero-order chi connectivity index (χ0) is 15.4. The third kappa shape index (κ3) is 6.53. The molecule has 0 saturated carbocycles. The summed E-state index contributed by atoms with van der Waals surface area (Å²) in [4.78, 5) is 12.4. The number of carbonyl (C=O) groups excluding carboxylic acids is 1. The maximum Gasteiger partial charge on any atom is 0.227 e. The van der Waals surface area contributed by atoms with Gasteiger partial charge in [0.25, 0.3) is 0 Å². The van der Waals surface area contributed by atoms with E-state index in [1.807, 2.05) is 13.8 Å². The maximum absolute atomic E-state index is 13.4. The van der Waals surface area contributed by atoms with Crippen molar-refractivity contribution in [1.82, 2.24) is 5.32 Å². The minimum atomic E-state index is -0.313. The highest BCUT2D eigenvalue weighted by Crippen LogP contribution is 2.26. The number of piperidine rings is 1. The van der Waals surface area contributed by atoms with Gasteiger partial charge in [-0.3, -0.25) is 4.79 Å². The van der Waals surface area contributed by atoms with Crippen LogP contribution in [0, 0.1) is 11.7 Å². The number of anilines is 2. The van der Waals surface area contributed by atoms with E-state index in [0.717, 1.165) is 19.4 Å². The van der Waals surface area contributed by atoms with Crippen molar-refractivity contribution in [3.05, 3.63) is 24.0 Å². The highest BCUT2D eigenvalue weighted by Gasteiger charge is 2.25. The van der Waals surface area contributed by atoms with Crippen molar-refractivity contribution in [1.29, 1.82) is 0 Å². The molecule has 1 fully saturated rings. The molecular weight excluding hydrogens is 340 g/mol. The minimum absolute atomic E-state index is 0. The van der Waals surface area contributed by atoms with Crippen LogP contribution >= 0.6 is 24.8 Å². The Balaban J connectivity index is 0.00000242. The van der Waals surface area contributed by atoms with E-state index in [-0.39, 0.29) is 48.5 Å². The lowest BCUT2D eigenvalue weighted by Gasteiger charge is -2.27. The smallest absolute Gasteiger partial charge is 0.227 e. The van der Waals surface area contributed by atoms with Crippen molar-refractivity contribution in [2.45, 2.75) is 45.7 Å². The van der Waals surface area contributed by atoms with Crippen LogP contribution < -0.4 is 16.0 Å². The molecule has 4 nitrogen and oxygen atoms in total. The monoisotopic (exact) mass is 365 g/mol. The Bertz CT molecular complexity index is 514. The number of benzene rings is 1. The molecule has 0 aromatic heterocycles. The average molecular weight is 366 g/mol. The van der Waals surface area contributed by atoms with Crippen molar-refractivity contribution in [2.24, 2.45) is 5.92 Å². The number of nitrogens with one attached hydrogen (secondary N) is 3. The molecule has 1 aliphatic rings. The predicted molar refractivity (Wildman–Crippen MR) is 98.5 cm³/mol. The second kappa shape index (κ2) is 9.96. The Morgan fingerprint density at radius 1 is 1.30 bits per heavy atom. The lowest BCUT2D eigenvalue weighted by atomic mass is 9.92. The molecule has 7 heteroatoms. The van der Waals surface area contributed by atoms with Gasteiger partial charge in [-0.05, 0) is 58.4 Å². The number of rotatable bonds is 4. The molecule has 2 rings (SSSR count). The molecule has 132 valence electrons.